The Kier molecular flexibility index (Phi) is 7.20. The van der Waals surface area contributed by atoms with Gasteiger partial charge in [-0.3, -0.25) is 35.4 Å². The third-order valence-corrected chi connectivity index (χ3v) is 3.54. The number of nitro benzene ring substituents is 2. The molecule has 0 saturated carbocycles. The Morgan fingerprint density at radius 1 is 1.10 bits per heavy atom. The summed E-state index contributed by atoms with van der Waals surface area (Å²) < 4.78 is 0. The fraction of sp³-hybridized carbons (Fsp3) is 0.0588. The van der Waals surface area contributed by atoms with Crippen LogP contribution in [0.25, 0.3) is 0 Å². The number of amides is 1. The number of halogens is 1. The molecule has 0 bridgehead atoms. The van der Waals surface area contributed by atoms with Gasteiger partial charge in [-0.2, -0.15) is 0 Å². The third kappa shape index (κ3) is 6.59. The number of aliphatic imine (C=N–C) groups is 1. The number of hydrogen-bond acceptors (Lipinski definition) is 8. The molecule has 2 aromatic rings. The number of hydrazine groups is 1. The smallest absolute Gasteiger partial charge is 0.300 e. The molecule has 0 fully saturated rings. The van der Waals surface area contributed by atoms with E-state index in [4.69, 9.17) is 11.6 Å². The monoisotopic (exact) mass is 418 g/mol. The summed E-state index contributed by atoms with van der Waals surface area (Å²) in [7, 11) is 0. The van der Waals surface area contributed by atoms with Crippen LogP contribution in [0.2, 0.25) is 0 Å². The number of nitrogens with zero attached hydrogens (tertiary/aromatic N) is 3. The van der Waals surface area contributed by atoms with Crippen LogP contribution >= 0.6 is 11.6 Å². The molecule has 0 atom stereocenters. The lowest BCUT2D eigenvalue weighted by atomic mass is 10.2. The number of carbonyl (C=O) groups is 1. The normalized spacial score (nSPS) is 11.2. The number of anilines is 2. The highest BCUT2D eigenvalue weighted by atomic mass is 35.5. The lowest BCUT2D eigenvalue weighted by molar-refractivity contribution is -0.393. The zero-order chi connectivity index (χ0) is 21.4. The Bertz CT molecular complexity index is 990. The Balaban J connectivity index is 1.99. The first-order valence-corrected chi connectivity index (χ1v) is 8.36. The highest BCUT2D eigenvalue weighted by Gasteiger charge is 2.19. The van der Waals surface area contributed by atoms with Gasteiger partial charge in [-0.1, -0.05) is 11.6 Å². The van der Waals surface area contributed by atoms with E-state index in [-0.39, 0.29) is 16.6 Å². The third-order valence-electron chi connectivity index (χ3n) is 3.33. The molecular formula is C17H15ClN6O5. The van der Waals surface area contributed by atoms with Crippen molar-refractivity contribution in [3.8, 4) is 0 Å². The van der Waals surface area contributed by atoms with Crippen molar-refractivity contribution in [1.82, 2.24) is 5.43 Å². The molecule has 11 nitrogen and oxygen atoms in total. The molecule has 0 spiro atoms. The molecule has 0 radical (unpaired) electrons. The van der Waals surface area contributed by atoms with Gasteiger partial charge >= 0.3 is 5.69 Å². The summed E-state index contributed by atoms with van der Waals surface area (Å²) in [5, 5.41) is 24.6. The maximum Gasteiger partial charge on any atom is 0.300 e. The van der Waals surface area contributed by atoms with Crippen LogP contribution in [0.15, 0.2) is 58.7 Å². The molecule has 0 unspecified atom stereocenters. The summed E-state index contributed by atoms with van der Waals surface area (Å²) in [5.41, 5.74) is 5.47. The lowest BCUT2D eigenvalue weighted by Gasteiger charge is -2.06. The Morgan fingerprint density at radius 2 is 1.79 bits per heavy atom. The fourth-order valence-electron chi connectivity index (χ4n) is 2.08. The number of benzene rings is 2. The lowest BCUT2D eigenvalue weighted by Crippen LogP contribution is -2.16. The van der Waals surface area contributed by atoms with Crippen molar-refractivity contribution in [2.75, 3.05) is 10.7 Å². The second-order valence-electron chi connectivity index (χ2n) is 5.50. The second kappa shape index (κ2) is 9.80. The van der Waals surface area contributed by atoms with Gasteiger partial charge in [0.05, 0.1) is 26.6 Å². The molecular weight excluding hydrogens is 404 g/mol. The summed E-state index contributed by atoms with van der Waals surface area (Å²) in [6, 6.07) is 9.90. The van der Waals surface area contributed by atoms with E-state index in [2.05, 4.69) is 21.2 Å². The van der Waals surface area contributed by atoms with Crippen molar-refractivity contribution in [2.24, 2.45) is 4.99 Å². The van der Waals surface area contributed by atoms with Gasteiger partial charge in [0, 0.05) is 31.1 Å². The summed E-state index contributed by atoms with van der Waals surface area (Å²) >= 11 is 6.00. The predicted molar refractivity (Wildman–Crippen MR) is 109 cm³/mol. The molecule has 0 heterocycles. The summed E-state index contributed by atoms with van der Waals surface area (Å²) in [4.78, 5) is 35.4. The van der Waals surface area contributed by atoms with E-state index >= 15 is 0 Å². The maximum absolute atomic E-state index is 11.1. The Labute approximate surface area is 169 Å². The summed E-state index contributed by atoms with van der Waals surface area (Å²) in [6.45, 7) is 1.41. The van der Waals surface area contributed by atoms with Crippen molar-refractivity contribution in [3.05, 3.63) is 73.9 Å². The zero-order valence-corrected chi connectivity index (χ0v) is 15.7. The fourth-order valence-corrected chi connectivity index (χ4v) is 2.18. The van der Waals surface area contributed by atoms with Crippen molar-refractivity contribution < 1.29 is 14.6 Å². The van der Waals surface area contributed by atoms with E-state index < -0.39 is 21.2 Å². The first-order valence-electron chi connectivity index (χ1n) is 7.98. The first kappa shape index (κ1) is 21.3. The van der Waals surface area contributed by atoms with Crippen molar-refractivity contribution in [1.29, 1.82) is 0 Å². The molecule has 2 aromatic carbocycles. The summed E-state index contributed by atoms with van der Waals surface area (Å²) in [5.74, 6) is -0.181. The standard InChI is InChI=1S/C17H15ClN6O5/c1-11(25)21-14-4-2-13(3-5-14)19-9-12(18)10-20-22-16-7-6-15(23(26)27)8-17(16)24(28)29/h2-10,20,22H,1H3,(H,21,25)/b12-10+,19-9?. The first-order chi connectivity index (χ1) is 13.8. The van der Waals surface area contributed by atoms with Gasteiger partial charge in [-0.15, -0.1) is 0 Å². The zero-order valence-electron chi connectivity index (χ0n) is 15.0. The molecule has 0 saturated heterocycles. The van der Waals surface area contributed by atoms with Crippen LogP contribution < -0.4 is 16.2 Å². The molecule has 0 aliphatic rings. The average Bonchev–Trinajstić information content (AvgIpc) is 2.67. The number of nitro groups is 2. The van der Waals surface area contributed by atoms with Gasteiger partial charge in [-0.25, -0.2) is 0 Å². The van der Waals surface area contributed by atoms with Crippen LogP contribution in [0.4, 0.5) is 28.4 Å². The maximum atomic E-state index is 11.1. The van der Waals surface area contributed by atoms with Gasteiger partial charge in [0.1, 0.15) is 5.69 Å². The summed E-state index contributed by atoms with van der Waals surface area (Å²) in [6.07, 6.45) is 2.63. The highest BCUT2D eigenvalue weighted by molar-refractivity contribution is 6.39. The molecule has 2 rings (SSSR count). The molecule has 1 amide bonds. The van der Waals surface area contributed by atoms with E-state index in [1.54, 1.807) is 24.3 Å². The molecule has 3 N–H and O–H groups in total. The van der Waals surface area contributed by atoms with Crippen molar-refractivity contribution >= 4 is 52.2 Å². The minimum atomic E-state index is -0.742. The number of allylic oxidation sites excluding steroid dienone is 1. The predicted octanol–water partition coefficient (Wildman–Crippen LogP) is 3.86. The van der Waals surface area contributed by atoms with E-state index in [9.17, 15) is 25.0 Å². The number of non-ortho nitro benzene ring substituents is 1. The largest absolute Gasteiger partial charge is 0.326 e. The second-order valence-corrected chi connectivity index (χ2v) is 5.94. The SMILES string of the molecule is CC(=O)Nc1ccc(N=C/C(Cl)=C\NNc2ccc([N+](=O)[O-])cc2[N+](=O)[O-])cc1. The van der Waals surface area contributed by atoms with E-state index in [1.807, 2.05) is 0 Å². The quantitative estimate of drug-likeness (QED) is 0.334. The average molecular weight is 419 g/mol. The van der Waals surface area contributed by atoms with Crippen LogP contribution in [0.3, 0.4) is 0 Å². The number of rotatable bonds is 8. The molecule has 12 heteroatoms. The number of carbonyl (C=O) groups excluding carboxylic acids is 1. The number of hydrogen-bond donors (Lipinski definition) is 3. The molecule has 150 valence electrons. The van der Waals surface area contributed by atoms with Gasteiger partial charge in [0.2, 0.25) is 5.91 Å². The highest BCUT2D eigenvalue weighted by Crippen LogP contribution is 2.28. The van der Waals surface area contributed by atoms with Crippen molar-refractivity contribution in [3.63, 3.8) is 0 Å². The molecule has 0 aliphatic carbocycles. The van der Waals surface area contributed by atoms with Crippen LogP contribution in [0.1, 0.15) is 6.92 Å². The molecule has 29 heavy (non-hydrogen) atoms. The van der Waals surface area contributed by atoms with Gasteiger partial charge in [-0.05, 0) is 30.3 Å². The van der Waals surface area contributed by atoms with Gasteiger partial charge in [0.15, 0.2) is 0 Å². The van der Waals surface area contributed by atoms with Crippen LogP contribution in [-0.4, -0.2) is 22.0 Å². The Hall–Kier alpha value is -3.99. The molecule has 0 aliphatic heterocycles. The van der Waals surface area contributed by atoms with E-state index in [0.29, 0.717) is 11.4 Å². The van der Waals surface area contributed by atoms with E-state index in [0.717, 1.165) is 12.1 Å². The van der Waals surface area contributed by atoms with Crippen LogP contribution in [0, 0.1) is 20.2 Å². The van der Waals surface area contributed by atoms with Gasteiger partial charge < -0.3 is 10.7 Å². The molecule has 0 aromatic heterocycles. The van der Waals surface area contributed by atoms with Gasteiger partial charge in [0.25, 0.3) is 5.69 Å². The Morgan fingerprint density at radius 3 is 2.38 bits per heavy atom. The minimum absolute atomic E-state index is 0.0202. The number of nitrogens with one attached hydrogen (secondary N) is 3. The topological polar surface area (TPSA) is 152 Å². The van der Waals surface area contributed by atoms with Crippen LogP contribution in [0.5, 0.6) is 0 Å². The van der Waals surface area contributed by atoms with Crippen LogP contribution in [-0.2, 0) is 4.79 Å². The van der Waals surface area contributed by atoms with E-state index in [1.165, 1.54) is 25.4 Å². The minimum Gasteiger partial charge on any atom is -0.326 e. The van der Waals surface area contributed by atoms with Crippen molar-refractivity contribution in [2.45, 2.75) is 6.92 Å².